The van der Waals surface area contributed by atoms with E-state index < -0.39 is 0 Å². The molecule has 2 nitrogen and oxygen atoms in total. The lowest BCUT2D eigenvalue weighted by atomic mass is 9.74. The van der Waals surface area contributed by atoms with E-state index in [4.69, 9.17) is 0 Å². The van der Waals surface area contributed by atoms with Crippen LogP contribution in [0.3, 0.4) is 0 Å². The predicted molar refractivity (Wildman–Crippen MR) is 195 cm³/mol. The van der Waals surface area contributed by atoms with Crippen molar-refractivity contribution in [1.29, 1.82) is 0 Å². The lowest BCUT2D eigenvalue weighted by molar-refractivity contribution is 0.582. The van der Waals surface area contributed by atoms with Crippen LogP contribution in [0.1, 0.15) is 48.6 Å². The average molecular weight is 597 g/mol. The molecule has 0 heterocycles. The van der Waals surface area contributed by atoms with E-state index in [1.807, 2.05) is 0 Å². The van der Waals surface area contributed by atoms with Gasteiger partial charge in [-0.3, -0.25) is 0 Å². The summed E-state index contributed by atoms with van der Waals surface area (Å²) in [6.45, 7) is 7.18. The zero-order valence-electron chi connectivity index (χ0n) is 27.4. The fourth-order valence-corrected chi connectivity index (χ4v) is 8.10. The largest absolute Gasteiger partial charge is 0.345 e. The minimum Gasteiger partial charge on any atom is -0.345 e. The van der Waals surface area contributed by atoms with Crippen LogP contribution in [0.2, 0.25) is 0 Å². The Balaban J connectivity index is 1.21. The molecule has 6 aromatic carbocycles. The summed E-state index contributed by atoms with van der Waals surface area (Å²) in [5.41, 5.74) is 17.0. The number of benzene rings is 6. The van der Waals surface area contributed by atoms with E-state index in [0.717, 1.165) is 6.42 Å². The van der Waals surface area contributed by atoms with Gasteiger partial charge in [-0.2, -0.15) is 0 Å². The van der Waals surface area contributed by atoms with Gasteiger partial charge in [0.25, 0.3) is 0 Å². The molecule has 0 N–H and O–H groups in total. The predicted octanol–water partition coefficient (Wildman–Crippen LogP) is 11.1. The van der Waals surface area contributed by atoms with E-state index in [0.29, 0.717) is 0 Å². The van der Waals surface area contributed by atoms with E-state index in [1.165, 1.54) is 72.8 Å². The highest BCUT2D eigenvalue weighted by Crippen LogP contribution is 2.54. The molecule has 0 bridgehead atoms. The van der Waals surface area contributed by atoms with Crippen molar-refractivity contribution in [3.05, 3.63) is 167 Å². The second kappa shape index (κ2) is 10.5. The quantitative estimate of drug-likeness (QED) is 0.189. The summed E-state index contributed by atoms with van der Waals surface area (Å²) in [5.74, 6) is 0. The minimum atomic E-state index is -0.153. The Morgan fingerprint density at radius 3 is 1.61 bits per heavy atom. The number of rotatable bonds is 6. The molecular weight excluding hydrogens is 556 g/mol. The molecule has 8 rings (SSSR count). The summed E-state index contributed by atoms with van der Waals surface area (Å²) < 4.78 is 0. The molecule has 0 spiro atoms. The lowest BCUT2D eigenvalue weighted by Crippen LogP contribution is -2.24. The lowest BCUT2D eigenvalue weighted by Gasteiger charge is -2.29. The van der Waals surface area contributed by atoms with Crippen LogP contribution in [0.25, 0.3) is 22.3 Å². The molecule has 2 aliphatic carbocycles. The molecule has 0 amide bonds. The van der Waals surface area contributed by atoms with Crippen LogP contribution in [-0.2, 0) is 17.3 Å². The number of fused-ring (bicyclic) bond motifs is 6. The summed E-state index contributed by atoms with van der Waals surface area (Å²) >= 11 is 0. The Labute approximate surface area is 273 Å². The Hall–Kier alpha value is -5.08. The minimum absolute atomic E-state index is 0.0412. The van der Waals surface area contributed by atoms with Gasteiger partial charge >= 0.3 is 0 Å². The number of hydrogen-bond acceptors (Lipinski definition) is 2. The van der Waals surface area contributed by atoms with Crippen molar-refractivity contribution in [2.45, 2.75) is 38.0 Å². The first-order chi connectivity index (χ1) is 22.3. The molecule has 2 aliphatic rings. The molecular formula is C44H40N2. The van der Waals surface area contributed by atoms with E-state index in [-0.39, 0.29) is 10.8 Å². The summed E-state index contributed by atoms with van der Waals surface area (Å²) in [5, 5.41) is 0. The topological polar surface area (TPSA) is 6.48 Å². The molecule has 0 saturated carbocycles. The number of nitrogens with zero attached hydrogens (tertiary/aromatic N) is 2. The maximum absolute atomic E-state index is 2.49. The Bertz CT molecular complexity index is 2090. The normalized spacial score (nSPS) is 16.7. The van der Waals surface area contributed by atoms with Crippen LogP contribution >= 0.6 is 0 Å². The van der Waals surface area contributed by atoms with Crippen LogP contribution in [0.4, 0.5) is 22.7 Å². The third kappa shape index (κ3) is 4.31. The van der Waals surface area contributed by atoms with Gasteiger partial charge in [0.15, 0.2) is 0 Å². The van der Waals surface area contributed by atoms with Crippen LogP contribution in [0, 0.1) is 0 Å². The second-order valence-corrected chi connectivity index (χ2v) is 13.8. The number of anilines is 4. The second-order valence-electron chi connectivity index (χ2n) is 13.8. The molecule has 1 atom stereocenters. The number of hydrogen-bond donors (Lipinski definition) is 0. The van der Waals surface area contributed by atoms with Gasteiger partial charge in [-0.1, -0.05) is 112 Å². The van der Waals surface area contributed by atoms with E-state index in [9.17, 15) is 0 Å². The van der Waals surface area contributed by atoms with Crippen LogP contribution in [-0.4, -0.2) is 14.1 Å². The highest BCUT2D eigenvalue weighted by Gasteiger charge is 2.41. The average Bonchev–Trinajstić information content (AvgIpc) is 3.48. The molecule has 1 unspecified atom stereocenters. The Kier molecular flexibility index (Phi) is 6.48. The van der Waals surface area contributed by atoms with E-state index in [1.54, 1.807) is 0 Å². The van der Waals surface area contributed by atoms with Crippen molar-refractivity contribution in [1.82, 2.24) is 0 Å². The van der Waals surface area contributed by atoms with Gasteiger partial charge < -0.3 is 9.80 Å². The summed E-state index contributed by atoms with van der Waals surface area (Å²) in [6.07, 6.45) is 0.933. The van der Waals surface area contributed by atoms with E-state index in [2.05, 4.69) is 184 Å². The van der Waals surface area contributed by atoms with E-state index >= 15 is 0 Å². The summed E-state index contributed by atoms with van der Waals surface area (Å²) in [7, 11) is 4.33. The monoisotopic (exact) mass is 596 g/mol. The smallest absolute Gasteiger partial charge is 0.0414 e. The molecule has 0 aliphatic heterocycles. The van der Waals surface area contributed by atoms with Gasteiger partial charge in [-0.05, 0) is 105 Å². The molecule has 226 valence electrons. The fraction of sp³-hybridized carbons (Fsp3) is 0.182. The fourth-order valence-electron chi connectivity index (χ4n) is 8.10. The zero-order valence-corrected chi connectivity index (χ0v) is 27.4. The van der Waals surface area contributed by atoms with Crippen molar-refractivity contribution >= 4 is 22.7 Å². The SMILES string of the molecule is CN(c1ccccc1)c1ccc2c(c1)-c1cc(CC3(C)c4ccccc4-c4ccc(N(C)c5ccccc5)cc43)ccc1C2(C)C. The molecule has 0 saturated heterocycles. The summed E-state index contributed by atoms with van der Waals surface area (Å²) in [6, 6.07) is 51.6. The highest BCUT2D eigenvalue weighted by molar-refractivity contribution is 5.86. The first kappa shape index (κ1) is 28.4. The first-order valence-electron chi connectivity index (χ1n) is 16.4. The van der Waals surface area contributed by atoms with Crippen molar-refractivity contribution in [2.75, 3.05) is 23.9 Å². The summed E-state index contributed by atoms with van der Waals surface area (Å²) in [4.78, 5) is 4.58. The molecule has 46 heavy (non-hydrogen) atoms. The zero-order chi connectivity index (χ0) is 31.6. The van der Waals surface area contributed by atoms with Crippen molar-refractivity contribution in [3.63, 3.8) is 0 Å². The highest BCUT2D eigenvalue weighted by atomic mass is 15.1. The first-order valence-corrected chi connectivity index (χ1v) is 16.4. The standard InChI is InChI=1S/C44H40N2/c1-43(2)39-24-20-30(26-37(39)38-27-33(22-25-40(38)43)45(4)31-14-8-6-9-15-31)29-44(3)41-19-13-12-18-35(41)36-23-21-34(28-42(36)44)46(5)32-16-10-7-11-17-32/h6-28H,29H2,1-5H3. The van der Waals surface area contributed by atoms with Crippen molar-refractivity contribution in [2.24, 2.45) is 0 Å². The van der Waals surface area contributed by atoms with Gasteiger partial charge in [-0.15, -0.1) is 0 Å². The van der Waals surface area contributed by atoms with Gasteiger partial charge in [0.1, 0.15) is 0 Å². The third-order valence-corrected chi connectivity index (χ3v) is 10.8. The third-order valence-electron chi connectivity index (χ3n) is 10.8. The maximum atomic E-state index is 2.49. The van der Waals surface area contributed by atoms with Gasteiger partial charge in [-0.25, -0.2) is 0 Å². The van der Waals surface area contributed by atoms with Gasteiger partial charge in [0.2, 0.25) is 0 Å². The van der Waals surface area contributed by atoms with Gasteiger partial charge in [0.05, 0.1) is 0 Å². The van der Waals surface area contributed by atoms with Crippen LogP contribution < -0.4 is 9.80 Å². The van der Waals surface area contributed by atoms with Crippen molar-refractivity contribution in [3.8, 4) is 22.3 Å². The van der Waals surface area contributed by atoms with Gasteiger partial charge in [0, 0.05) is 47.7 Å². The Morgan fingerprint density at radius 1 is 0.413 bits per heavy atom. The Morgan fingerprint density at radius 2 is 0.935 bits per heavy atom. The van der Waals surface area contributed by atoms with Crippen LogP contribution in [0.15, 0.2) is 140 Å². The molecule has 0 aromatic heterocycles. The number of para-hydroxylation sites is 2. The molecule has 0 radical (unpaired) electrons. The molecule has 0 fully saturated rings. The van der Waals surface area contributed by atoms with Crippen molar-refractivity contribution < 1.29 is 0 Å². The van der Waals surface area contributed by atoms with Crippen LogP contribution in [0.5, 0.6) is 0 Å². The molecule has 2 heteroatoms. The maximum Gasteiger partial charge on any atom is 0.0414 e. The molecule has 6 aromatic rings.